The van der Waals surface area contributed by atoms with Gasteiger partial charge in [-0.2, -0.15) is 11.2 Å². The molecule has 0 N–H and O–H groups in total. The smallest absolute Gasteiger partial charge is 0.114 e. The summed E-state index contributed by atoms with van der Waals surface area (Å²) >= 11 is 2.01. The number of hydrogen-bond acceptors (Lipinski definition) is 2. The molecule has 1 rings (SSSR count). The topological polar surface area (TPSA) is 12.4 Å². The Kier molecular flexibility index (Phi) is 3.95. The maximum Gasteiger partial charge on any atom is 0.114 e. The van der Waals surface area contributed by atoms with Gasteiger partial charge in [-0.15, -0.1) is 0 Å². The van der Waals surface area contributed by atoms with Crippen LogP contribution in [0.3, 0.4) is 0 Å². The zero-order chi connectivity index (χ0) is 10.6. The molecule has 14 heavy (non-hydrogen) atoms. The molecule has 0 saturated carbocycles. The van der Waals surface area contributed by atoms with Crippen LogP contribution in [0.2, 0.25) is 19.6 Å². The molecule has 0 unspecified atom stereocenters. The van der Waals surface area contributed by atoms with Crippen LogP contribution in [0.15, 0.2) is 34.2 Å². The van der Waals surface area contributed by atoms with Gasteiger partial charge < -0.3 is 0 Å². The zero-order valence-corrected chi connectivity index (χ0v) is 11.1. The second-order valence-electron chi connectivity index (χ2n) is 4.10. The Hall–Kier alpha value is -0.543. The number of benzene rings is 1. The van der Waals surface area contributed by atoms with E-state index in [0.29, 0.717) is 0 Å². The molecule has 0 atom stereocenters. The molecule has 0 radical (unpaired) electrons. The van der Waals surface area contributed by atoms with Crippen molar-refractivity contribution in [2.24, 2.45) is 4.99 Å². The predicted octanol–water partition coefficient (Wildman–Crippen LogP) is 4.34. The van der Waals surface area contributed by atoms with E-state index in [1.54, 1.807) is 0 Å². The maximum absolute atomic E-state index is 4.27. The normalized spacial score (nSPS) is 12.3. The van der Waals surface area contributed by atoms with E-state index in [1.165, 1.54) is 4.90 Å². The van der Waals surface area contributed by atoms with Gasteiger partial charge in [0.05, 0.1) is 5.69 Å². The molecule has 0 aromatic heterocycles. The largest absolute Gasteiger partial charge is 0.262 e. The van der Waals surface area contributed by atoms with E-state index >= 15 is 0 Å². The summed E-state index contributed by atoms with van der Waals surface area (Å²) in [4.78, 5) is 5.61. The number of aliphatic imine (C=N–C) groups is 1. The van der Waals surface area contributed by atoms with Crippen molar-refractivity contribution >= 4 is 30.3 Å². The summed E-state index contributed by atoms with van der Waals surface area (Å²) in [6, 6.07) is 8.43. The van der Waals surface area contributed by atoms with E-state index in [1.807, 2.05) is 30.4 Å². The predicted molar refractivity (Wildman–Crippen MR) is 69.5 cm³/mol. The second kappa shape index (κ2) is 4.80. The molecule has 0 aliphatic rings. The molecule has 0 fully saturated rings. The lowest BCUT2D eigenvalue weighted by Gasteiger charge is -2.15. The third-order valence-corrected chi connectivity index (χ3v) is 5.17. The fourth-order valence-corrected chi connectivity index (χ4v) is 4.67. The van der Waals surface area contributed by atoms with Crippen molar-refractivity contribution in [2.45, 2.75) is 31.5 Å². The molecule has 0 heterocycles. The highest BCUT2D eigenvalue weighted by Crippen LogP contribution is 2.30. The van der Waals surface area contributed by atoms with E-state index in [2.05, 4.69) is 42.8 Å². The van der Waals surface area contributed by atoms with Gasteiger partial charge in [-0.1, -0.05) is 25.7 Å². The van der Waals surface area contributed by atoms with Crippen molar-refractivity contribution in [3.63, 3.8) is 0 Å². The summed E-state index contributed by atoms with van der Waals surface area (Å²) in [5.41, 5.74) is 1.05. The Morgan fingerprint density at radius 3 is 2.57 bits per heavy atom. The first kappa shape index (κ1) is 11.5. The average molecular weight is 223 g/mol. The third kappa shape index (κ3) is 4.11. The van der Waals surface area contributed by atoms with Crippen LogP contribution in [0.1, 0.15) is 6.92 Å². The van der Waals surface area contributed by atoms with Gasteiger partial charge in [0.2, 0.25) is 0 Å². The van der Waals surface area contributed by atoms with E-state index in [-0.39, 0.29) is 0 Å². The summed E-state index contributed by atoms with van der Waals surface area (Å²) in [5, 5.41) is 0. The first-order valence-electron chi connectivity index (χ1n) is 4.79. The fourth-order valence-electron chi connectivity index (χ4n) is 1.13. The van der Waals surface area contributed by atoms with Crippen molar-refractivity contribution in [3.05, 3.63) is 24.3 Å². The fraction of sp³-hybridized carbons (Fsp3) is 0.364. The van der Waals surface area contributed by atoms with Gasteiger partial charge in [-0.3, -0.25) is 4.99 Å². The summed E-state index contributed by atoms with van der Waals surface area (Å²) in [5.74, 6) is 0. The van der Waals surface area contributed by atoms with Crippen LogP contribution in [0.5, 0.6) is 0 Å². The molecule has 1 aromatic rings. The van der Waals surface area contributed by atoms with Crippen molar-refractivity contribution in [1.29, 1.82) is 0 Å². The molecule has 0 amide bonds. The summed E-state index contributed by atoms with van der Waals surface area (Å²) in [7, 11) is -1.08. The first-order chi connectivity index (χ1) is 6.51. The average Bonchev–Trinajstić information content (AvgIpc) is 2.02. The first-order valence-corrected chi connectivity index (χ1v) is 9.83. The summed E-state index contributed by atoms with van der Waals surface area (Å²) in [6.45, 7) is 9.01. The van der Waals surface area contributed by atoms with Crippen LogP contribution in [-0.4, -0.2) is 13.4 Å². The molecule has 1 aromatic carbocycles. The molecule has 0 bridgehead atoms. The Bertz CT molecular complexity index is 328. The van der Waals surface area contributed by atoms with Gasteiger partial charge in [0, 0.05) is 11.1 Å². The van der Waals surface area contributed by atoms with Crippen LogP contribution in [0.4, 0.5) is 5.69 Å². The van der Waals surface area contributed by atoms with Crippen LogP contribution < -0.4 is 0 Å². The van der Waals surface area contributed by atoms with Crippen LogP contribution in [-0.2, 0) is 0 Å². The van der Waals surface area contributed by atoms with Gasteiger partial charge in [-0.05, 0) is 25.1 Å². The highest BCUT2D eigenvalue weighted by molar-refractivity contribution is 8.28. The van der Waals surface area contributed by atoms with Crippen LogP contribution in [0.25, 0.3) is 0 Å². The summed E-state index contributed by atoms with van der Waals surface area (Å²) < 4.78 is 0. The molecule has 0 saturated heterocycles. The molecule has 1 nitrogen and oxygen atoms in total. The van der Waals surface area contributed by atoms with E-state index in [9.17, 15) is 0 Å². The van der Waals surface area contributed by atoms with Gasteiger partial charge in [0.1, 0.15) is 7.22 Å². The number of nitrogens with zero attached hydrogens (tertiary/aromatic N) is 1. The van der Waals surface area contributed by atoms with Gasteiger partial charge in [0.15, 0.2) is 0 Å². The van der Waals surface area contributed by atoms with Crippen LogP contribution in [0, 0.1) is 0 Å². The molecule has 0 aliphatic heterocycles. The molecule has 76 valence electrons. The Morgan fingerprint density at radius 2 is 2.00 bits per heavy atom. The quantitative estimate of drug-likeness (QED) is 0.548. The minimum Gasteiger partial charge on any atom is -0.262 e. The van der Waals surface area contributed by atoms with Crippen molar-refractivity contribution in [2.75, 3.05) is 0 Å². The van der Waals surface area contributed by atoms with E-state index in [4.69, 9.17) is 0 Å². The molecular weight excluding hydrogens is 206 g/mol. The van der Waals surface area contributed by atoms with Crippen molar-refractivity contribution < 1.29 is 0 Å². The minimum absolute atomic E-state index is 1.05. The van der Waals surface area contributed by atoms with E-state index in [0.717, 1.165) is 5.69 Å². The van der Waals surface area contributed by atoms with Gasteiger partial charge >= 0.3 is 0 Å². The SMILES string of the molecule is C/C=N/c1cccc(S[Si](C)(C)C)c1. The lowest BCUT2D eigenvalue weighted by atomic mass is 10.3. The molecule has 0 aliphatic carbocycles. The summed E-state index contributed by atoms with van der Waals surface area (Å²) in [6.07, 6.45) is 1.83. The van der Waals surface area contributed by atoms with Crippen molar-refractivity contribution in [1.82, 2.24) is 0 Å². The van der Waals surface area contributed by atoms with E-state index < -0.39 is 7.22 Å². The number of rotatable bonds is 3. The lowest BCUT2D eigenvalue weighted by Crippen LogP contribution is -2.13. The molecular formula is C11H17NSSi. The van der Waals surface area contributed by atoms with Gasteiger partial charge in [-0.25, -0.2) is 0 Å². The zero-order valence-electron chi connectivity index (χ0n) is 9.24. The molecule has 3 heteroatoms. The van der Waals surface area contributed by atoms with Gasteiger partial charge in [0.25, 0.3) is 0 Å². The lowest BCUT2D eigenvalue weighted by molar-refractivity contribution is 1.42. The minimum atomic E-state index is -1.08. The monoisotopic (exact) mass is 223 g/mol. The Labute approximate surface area is 91.3 Å². The third-order valence-electron chi connectivity index (χ3n) is 1.52. The molecule has 0 spiro atoms. The highest BCUT2D eigenvalue weighted by Gasteiger charge is 2.14. The Balaban J connectivity index is 2.84. The standard InChI is InChI=1S/C11H17NSSi/c1-5-12-10-7-6-8-11(9-10)13-14(2,3)4/h5-9H,1-4H3/b12-5+. The van der Waals surface area contributed by atoms with Crippen molar-refractivity contribution in [3.8, 4) is 0 Å². The maximum atomic E-state index is 4.27. The highest BCUT2D eigenvalue weighted by atomic mass is 32.4. The Morgan fingerprint density at radius 1 is 1.29 bits per heavy atom. The second-order valence-corrected chi connectivity index (χ2v) is 13.3. The van der Waals surface area contributed by atoms with Crippen LogP contribution >= 0.6 is 11.2 Å². The number of hydrogen-bond donors (Lipinski definition) is 0.